The lowest BCUT2D eigenvalue weighted by atomic mass is 10.1. The van der Waals surface area contributed by atoms with E-state index in [9.17, 15) is 13.2 Å². The summed E-state index contributed by atoms with van der Waals surface area (Å²) in [6, 6.07) is 0. The highest BCUT2D eigenvalue weighted by atomic mass is 19.4. The third kappa shape index (κ3) is 1.89. The number of aromatic nitrogens is 4. The van der Waals surface area contributed by atoms with Crippen molar-refractivity contribution in [3.8, 4) is 0 Å². The van der Waals surface area contributed by atoms with Gasteiger partial charge in [0, 0.05) is 25.1 Å². The molecule has 2 N–H and O–H groups in total. The fourth-order valence-corrected chi connectivity index (χ4v) is 2.15. The Labute approximate surface area is 106 Å². The molecule has 0 aliphatic carbocycles. The first-order valence-corrected chi connectivity index (χ1v) is 5.66. The average Bonchev–Trinajstić information content (AvgIpc) is 2.74. The lowest BCUT2D eigenvalue weighted by Crippen LogP contribution is -2.29. The fraction of sp³-hybridized carbons (Fsp3) is 0.500. The Balaban J connectivity index is 2.21. The van der Waals surface area contributed by atoms with Crippen LogP contribution in [0.25, 0.3) is 5.78 Å². The number of nitrogens with two attached hydrogens (primary N) is 1. The van der Waals surface area contributed by atoms with Crippen molar-refractivity contribution in [3.05, 3.63) is 17.1 Å². The van der Waals surface area contributed by atoms with Crippen molar-refractivity contribution in [2.24, 2.45) is 0 Å². The Morgan fingerprint density at radius 3 is 2.68 bits per heavy atom. The van der Waals surface area contributed by atoms with E-state index in [1.807, 2.05) is 11.9 Å². The smallest absolute Gasteiger partial charge is 0.383 e. The minimum atomic E-state index is -4.60. The second-order valence-electron chi connectivity index (χ2n) is 4.56. The number of hydrogen-bond acceptors (Lipinski definition) is 5. The second kappa shape index (κ2) is 3.80. The van der Waals surface area contributed by atoms with Crippen LogP contribution in [0.15, 0.2) is 0 Å². The van der Waals surface area contributed by atoms with E-state index in [1.54, 1.807) is 0 Å². The quantitative estimate of drug-likeness (QED) is 0.764. The van der Waals surface area contributed by atoms with Crippen LogP contribution in [-0.4, -0.2) is 38.1 Å². The molecule has 1 aliphatic rings. The molecule has 0 atom stereocenters. The van der Waals surface area contributed by atoms with Gasteiger partial charge >= 0.3 is 6.18 Å². The van der Waals surface area contributed by atoms with Gasteiger partial charge in [-0.05, 0) is 7.05 Å². The monoisotopic (exact) mass is 272 g/mol. The summed E-state index contributed by atoms with van der Waals surface area (Å²) in [5.74, 6) is -1.15. The number of nitrogens with zero attached hydrogens (tertiary/aromatic N) is 5. The number of nitrogen functional groups attached to an aromatic ring is 1. The largest absolute Gasteiger partial charge is 0.453 e. The van der Waals surface area contributed by atoms with Crippen LogP contribution < -0.4 is 5.73 Å². The highest BCUT2D eigenvalue weighted by Gasteiger charge is 2.37. The maximum atomic E-state index is 12.6. The molecule has 0 unspecified atom stereocenters. The van der Waals surface area contributed by atoms with Gasteiger partial charge in [0.25, 0.3) is 11.6 Å². The summed E-state index contributed by atoms with van der Waals surface area (Å²) < 4.78 is 38.7. The summed E-state index contributed by atoms with van der Waals surface area (Å²) in [5, 5.41) is 3.39. The van der Waals surface area contributed by atoms with E-state index in [0.717, 1.165) is 16.6 Å². The van der Waals surface area contributed by atoms with E-state index in [1.165, 1.54) is 0 Å². The minimum absolute atomic E-state index is 0.104. The number of likely N-dealkylation sites (N-methyl/N-ethyl adjacent to an activating group) is 1. The number of rotatable bonds is 0. The number of anilines is 1. The molecule has 1 aliphatic heterocycles. The predicted molar refractivity (Wildman–Crippen MR) is 60.2 cm³/mol. The molecule has 6 nitrogen and oxygen atoms in total. The summed E-state index contributed by atoms with van der Waals surface area (Å²) in [6.45, 7) is 1.33. The lowest BCUT2D eigenvalue weighted by molar-refractivity contribution is -0.144. The molecule has 0 bridgehead atoms. The number of hydrogen-bond donors (Lipinski definition) is 1. The van der Waals surface area contributed by atoms with Gasteiger partial charge in [0.2, 0.25) is 0 Å². The van der Waals surface area contributed by atoms with E-state index < -0.39 is 12.0 Å². The number of fused-ring (bicyclic) bond motifs is 2. The predicted octanol–water partition coefficient (Wildman–Crippen LogP) is 0.713. The molecule has 3 rings (SSSR count). The highest BCUT2D eigenvalue weighted by molar-refractivity contribution is 5.50. The Morgan fingerprint density at radius 2 is 2.00 bits per heavy atom. The maximum absolute atomic E-state index is 12.6. The molecule has 102 valence electrons. The summed E-state index contributed by atoms with van der Waals surface area (Å²) in [6.07, 6.45) is -3.96. The third-order valence-electron chi connectivity index (χ3n) is 3.12. The molecule has 0 aromatic carbocycles. The minimum Gasteiger partial charge on any atom is -0.383 e. The molecule has 0 spiro atoms. The molecule has 2 aromatic heterocycles. The first-order chi connectivity index (χ1) is 8.86. The molecule has 0 saturated heterocycles. The van der Waals surface area contributed by atoms with Crippen molar-refractivity contribution in [1.29, 1.82) is 0 Å². The third-order valence-corrected chi connectivity index (χ3v) is 3.12. The fourth-order valence-electron chi connectivity index (χ4n) is 2.15. The van der Waals surface area contributed by atoms with E-state index in [4.69, 9.17) is 5.73 Å². The molecule has 0 radical (unpaired) electrons. The van der Waals surface area contributed by atoms with Crippen molar-refractivity contribution in [2.45, 2.75) is 19.1 Å². The van der Waals surface area contributed by atoms with E-state index in [2.05, 4.69) is 15.1 Å². The van der Waals surface area contributed by atoms with E-state index >= 15 is 0 Å². The molecule has 0 amide bonds. The Morgan fingerprint density at radius 1 is 1.26 bits per heavy atom. The summed E-state index contributed by atoms with van der Waals surface area (Å²) >= 11 is 0. The van der Waals surface area contributed by atoms with Gasteiger partial charge in [0.1, 0.15) is 5.82 Å². The number of alkyl halides is 3. The zero-order valence-electron chi connectivity index (χ0n) is 10.1. The molecule has 2 aromatic rings. The normalized spacial score (nSPS) is 16.8. The summed E-state index contributed by atoms with van der Waals surface area (Å²) in [5.41, 5.74) is 7.31. The van der Waals surface area contributed by atoms with Crippen LogP contribution in [0, 0.1) is 0 Å². The first-order valence-electron chi connectivity index (χ1n) is 5.66. The van der Waals surface area contributed by atoms with Crippen molar-refractivity contribution in [3.63, 3.8) is 0 Å². The molecule has 9 heteroatoms. The Hall–Kier alpha value is -1.90. The average molecular weight is 272 g/mol. The van der Waals surface area contributed by atoms with Crippen LogP contribution in [-0.2, 0) is 19.1 Å². The van der Waals surface area contributed by atoms with Crippen molar-refractivity contribution >= 4 is 11.6 Å². The zero-order chi connectivity index (χ0) is 13.8. The molecular formula is C10H11F3N6. The van der Waals surface area contributed by atoms with Crippen LogP contribution in [0.5, 0.6) is 0 Å². The molecule has 0 saturated carbocycles. The lowest BCUT2D eigenvalue weighted by Gasteiger charge is -2.24. The van der Waals surface area contributed by atoms with Crippen LogP contribution in [0.2, 0.25) is 0 Å². The Bertz CT molecular complexity index is 647. The van der Waals surface area contributed by atoms with Gasteiger partial charge in [-0.2, -0.15) is 22.7 Å². The summed E-state index contributed by atoms with van der Waals surface area (Å²) in [4.78, 5) is 9.54. The topological polar surface area (TPSA) is 72.3 Å². The van der Waals surface area contributed by atoms with Gasteiger partial charge < -0.3 is 10.6 Å². The van der Waals surface area contributed by atoms with Gasteiger partial charge in [0.15, 0.2) is 0 Å². The van der Waals surface area contributed by atoms with E-state index in [-0.39, 0.29) is 11.6 Å². The molecule has 19 heavy (non-hydrogen) atoms. The first kappa shape index (κ1) is 12.2. The molecule has 0 fully saturated rings. The van der Waals surface area contributed by atoms with E-state index in [0.29, 0.717) is 18.7 Å². The SMILES string of the molecule is CN1CCc2nc3nc(C(F)(F)F)nn3c(N)c2C1. The zero-order valence-corrected chi connectivity index (χ0v) is 10.1. The van der Waals surface area contributed by atoms with Crippen molar-refractivity contribution in [2.75, 3.05) is 19.3 Å². The van der Waals surface area contributed by atoms with Gasteiger partial charge in [-0.15, -0.1) is 5.10 Å². The Kier molecular flexibility index (Phi) is 2.43. The number of halogens is 3. The van der Waals surface area contributed by atoms with Crippen LogP contribution in [0.4, 0.5) is 19.0 Å². The second-order valence-corrected chi connectivity index (χ2v) is 4.56. The maximum Gasteiger partial charge on any atom is 0.453 e. The van der Waals surface area contributed by atoms with Crippen molar-refractivity contribution < 1.29 is 13.2 Å². The van der Waals surface area contributed by atoms with Crippen molar-refractivity contribution in [1.82, 2.24) is 24.5 Å². The standard InChI is InChI=1S/C10H11F3N6/c1-18-3-2-6-5(4-18)7(14)19-9(15-6)16-8(17-19)10(11,12)13/h2-4,14H2,1H3. The van der Waals surface area contributed by atoms with Crippen LogP contribution >= 0.6 is 0 Å². The van der Waals surface area contributed by atoms with Gasteiger partial charge in [-0.1, -0.05) is 0 Å². The molecular weight excluding hydrogens is 261 g/mol. The molecule has 3 heterocycles. The highest BCUT2D eigenvalue weighted by Crippen LogP contribution is 2.28. The van der Waals surface area contributed by atoms with Gasteiger partial charge in [-0.25, -0.2) is 4.98 Å². The van der Waals surface area contributed by atoms with Gasteiger partial charge in [0.05, 0.1) is 5.69 Å². The van der Waals surface area contributed by atoms with Crippen LogP contribution in [0.1, 0.15) is 17.1 Å². The van der Waals surface area contributed by atoms with Gasteiger partial charge in [-0.3, -0.25) is 0 Å². The van der Waals surface area contributed by atoms with Crippen LogP contribution in [0.3, 0.4) is 0 Å². The summed E-state index contributed by atoms with van der Waals surface area (Å²) in [7, 11) is 1.91.